The van der Waals surface area contributed by atoms with Crippen LogP contribution in [0, 0.1) is 13.8 Å². The zero-order valence-electron chi connectivity index (χ0n) is 16.8. The molecule has 0 saturated heterocycles. The standard InChI is InChI=1S/C23H27N3O2/c1-16(2)23(27)24-15-22-25-20-8-5-6-9-21(20)26(22)10-7-11-28-19-13-17(3)12-18(4)14-19/h5-6,8-9,12-14H,1,7,10-11,15H2,2-4H3,(H,24,27). The SMILES string of the molecule is C=C(C)C(=O)NCc1nc2ccccc2n1CCCOc1cc(C)cc(C)c1. The van der Waals surface area contributed by atoms with Crippen LogP contribution >= 0.6 is 0 Å². The fourth-order valence-corrected chi connectivity index (χ4v) is 3.25. The first-order valence-electron chi connectivity index (χ1n) is 9.53. The second-order valence-electron chi connectivity index (χ2n) is 7.16. The number of amides is 1. The number of aromatic nitrogens is 2. The number of fused-ring (bicyclic) bond motifs is 1. The van der Waals surface area contributed by atoms with Gasteiger partial charge in [0.1, 0.15) is 11.6 Å². The molecule has 0 aliphatic carbocycles. The Labute approximate surface area is 166 Å². The fourth-order valence-electron chi connectivity index (χ4n) is 3.25. The molecule has 5 heteroatoms. The monoisotopic (exact) mass is 377 g/mol. The summed E-state index contributed by atoms with van der Waals surface area (Å²) in [6.07, 6.45) is 0.842. The van der Waals surface area contributed by atoms with Crippen LogP contribution in [0.25, 0.3) is 11.0 Å². The molecule has 3 rings (SSSR count). The number of ether oxygens (including phenoxy) is 1. The molecule has 0 aliphatic rings. The van der Waals surface area contributed by atoms with Gasteiger partial charge in [-0.15, -0.1) is 0 Å². The minimum Gasteiger partial charge on any atom is -0.494 e. The van der Waals surface area contributed by atoms with Crippen LogP contribution in [0.4, 0.5) is 0 Å². The Kier molecular flexibility index (Phi) is 6.14. The lowest BCUT2D eigenvalue weighted by Crippen LogP contribution is -2.25. The van der Waals surface area contributed by atoms with E-state index in [1.165, 1.54) is 11.1 Å². The maximum Gasteiger partial charge on any atom is 0.246 e. The van der Waals surface area contributed by atoms with Gasteiger partial charge in [0.05, 0.1) is 24.2 Å². The zero-order valence-corrected chi connectivity index (χ0v) is 16.8. The van der Waals surface area contributed by atoms with Crippen LogP contribution in [0.2, 0.25) is 0 Å². The molecule has 0 saturated carbocycles. The Bertz CT molecular complexity index is 984. The van der Waals surface area contributed by atoms with Gasteiger partial charge in [-0.1, -0.05) is 24.8 Å². The molecular formula is C23H27N3O2. The van der Waals surface area contributed by atoms with Gasteiger partial charge in [-0.25, -0.2) is 4.98 Å². The smallest absolute Gasteiger partial charge is 0.246 e. The van der Waals surface area contributed by atoms with Crippen LogP contribution < -0.4 is 10.1 Å². The summed E-state index contributed by atoms with van der Waals surface area (Å²) in [6.45, 7) is 11.3. The Morgan fingerprint density at radius 1 is 1.18 bits per heavy atom. The number of para-hydroxylation sites is 2. The third-order valence-corrected chi connectivity index (χ3v) is 4.52. The van der Waals surface area contributed by atoms with E-state index in [9.17, 15) is 4.79 Å². The summed E-state index contributed by atoms with van der Waals surface area (Å²) in [6, 6.07) is 14.3. The average Bonchev–Trinajstić information content (AvgIpc) is 3.00. The minimum absolute atomic E-state index is 0.156. The van der Waals surface area contributed by atoms with Crippen LogP contribution in [0.3, 0.4) is 0 Å². The van der Waals surface area contributed by atoms with E-state index in [0.29, 0.717) is 18.7 Å². The van der Waals surface area contributed by atoms with Crippen molar-refractivity contribution in [2.75, 3.05) is 6.61 Å². The zero-order chi connectivity index (χ0) is 20.1. The summed E-state index contributed by atoms with van der Waals surface area (Å²) in [5.41, 5.74) is 4.88. The number of nitrogens with one attached hydrogen (secondary N) is 1. The van der Waals surface area contributed by atoms with Crippen molar-refractivity contribution in [1.82, 2.24) is 14.9 Å². The van der Waals surface area contributed by atoms with Gasteiger partial charge in [0.2, 0.25) is 5.91 Å². The lowest BCUT2D eigenvalue weighted by molar-refractivity contribution is -0.117. The van der Waals surface area contributed by atoms with Gasteiger partial charge in [0.15, 0.2) is 0 Å². The van der Waals surface area contributed by atoms with Crippen molar-refractivity contribution in [1.29, 1.82) is 0 Å². The van der Waals surface area contributed by atoms with Gasteiger partial charge < -0.3 is 14.6 Å². The molecule has 0 spiro atoms. The highest BCUT2D eigenvalue weighted by Crippen LogP contribution is 2.18. The maximum absolute atomic E-state index is 11.8. The highest BCUT2D eigenvalue weighted by Gasteiger charge is 2.11. The van der Waals surface area contributed by atoms with E-state index in [0.717, 1.165) is 35.6 Å². The van der Waals surface area contributed by atoms with E-state index in [1.54, 1.807) is 6.92 Å². The van der Waals surface area contributed by atoms with E-state index in [4.69, 9.17) is 4.74 Å². The summed E-state index contributed by atoms with van der Waals surface area (Å²) in [5.74, 6) is 1.58. The molecular weight excluding hydrogens is 350 g/mol. The van der Waals surface area contributed by atoms with Crippen LogP contribution in [0.15, 0.2) is 54.6 Å². The topological polar surface area (TPSA) is 56.2 Å². The Morgan fingerprint density at radius 2 is 1.89 bits per heavy atom. The molecule has 1 amide bonds. The number of nitrogens with zero attached hydrogens (tertiary/aromatic N) is 2. The first-order valence-corrected chi connectivity index (χ1v) is 9.53. The number of imidazole rings is 1. The van der Waals surface area contributed by atoms with Crippen LogP contribution in [0.5, 0.6) is 5.75 Å². The number of carbonyl (C=O) groups is 1. The Morgan fingerprint density at radius 3 is 2.61 bits per heavy atom. The van der Waals surface area contributed by atoms with Crippen molar-refractivity contribution in [2.24, 2.45) is 0 Å². The van der Waals surface area contributed by atoms with Crippen molar-refractivity contribution in [2.45, 2.75) is 40.3 Å². The highest BCUT2D eigenvalue weighted by atomic mass is 16.5. The average molecular weight is 377 g/mol. The molecule has 0 aliphatic heterocycles. The summed E-state index contributed by atoms with van der Waals surface area (Å²) < 4.78 is 8.08. The van der Waals surface area contributed by atoms with Crippen molar-refractivity contribution >= 4 is 16.9 Å². The molecule has 0 fully saturated rings. The summed E-state index contributed by atoms with van der Waals surface area (Å²) in [5, 5.41) is 2.88. The number of aryl methyl sites for hydroxylation is 3. The number of hydrogen-bond acceptors (Lipinski definition) is 3. The summed E-state index contributed by atoms with van der Waals surface area (Å²) in [4.78, 5) is 16.5. The molecule has 1 heterocycles. The first kappa shape index (κ1) is 19.7. The molecule has 1 N–H and O–H groups in total. The van der Waals surface area contributed by atoms with Gasteiger partial charge >= 0.3 is 0 Å². The third kappa shape index (κ3) is 4.80. The molecule has 1 aromatic heterocycles. The quantitative estimate of drug-likeness (QED) is 0.470. The van der Waals surface area contributed by atoms with E-state index in [1.807, 2.05) is 18.2 Å². The fraction of sp³-hybridized carbons (Fsp3) is 0.304. The number of rotatable bonds is 8. The van der Waals surface area contributed by atoms with Crippen molar-refractivity contribution in [3.8, 4) is 5.75 Å². The summed E-state index contributed by atoms with van der Waals surface area (Å²) >= 11 is 0. The van der Waals surface area contributed by atoms with Crippen LogP contribution in [-0.4, -0.2) is 22.1 Å². The van der Waals surface area contributed by atoms with Crippen molar-refractivity contribution in [3.63, 3.8) is 0 Å². The molecule has 0 unspecified atom stereocenters. The summed E-state index contributed by atoms with van der Waals surface area (Å²) in [7, 11) is 0. The van der Waals surface area contributed by atoms with E-state index in [-0.39, 0.29) is 5.91 Å². The lowest BCUT2D eigenvalue weighted by Gasteiger charge is -2.12. The van der Waals surface area contributed by atoms with Gasteiger partial charge in [0, 0.05) is 12.1 Å². The van der Waals surface area contributed by atoms with E-state index < -0.39 is 0 Å². The lowest BCUT2D eigenvalue weighted by atomic mass is 10.1. The Hall–Kier alpha value is -3.08. The van der Waals surface area contributed by atoms with Crippen LogP contribution in [0.1, 0.15) is 30.3 Å². The van der Waals surface area contributed by atoms with Gasteiger partial charge in [-0.05, 0) is 62.6 Å². The van der Waals surface area contributed by atoms with Gasteiger partial charge in [-0.2, -0.15) is 0 Å². The van der Waals surface area contributed by atoms with E-state index >= 15 is 0 Å². The second kappa shape index (κ2) is 8.74. The predicted molar refractivity (Wildman–Crippen MR) is 112 cm³/mol. The third-order valence-electron chi connectivity index (χ3n) is 4.52. The minimum atomic E-state index is -0.156. The molecule has 3 aromatic rings. The molecule has 28 heavy (non-hydrogen) atoms. The number of benzene rings is 2. The highest BCUT2D eigenvalue weighted by molar-refractivity contribution is 5.92. The normalized spacial score (nSPS) is 10.8. The van der Waals surface area contributed by atoms with Gasteiger partial charge in [-0.3, -0.25) is 4.79 Å². The van der Waals surface area contributed by atoms with Crippen LogP contribution in [-0.2, 0) is 17.9 Å². The molecule has 0 radical (unpaired) electrons. The number of hydrogen-bond donors (Lipinski definition) is 1. The molecule has 0 atom stereocenters. The molecule has 146 valence electrons. The number of carbonyl (C=O) groups excluding carboxylic acids is 1. The van der Waals surface area contributed by atoms with E-state index in [2.05, 4.69) is 59.6 Å². The van der Waals surface area contributed by atoms with Crippen molar-refractivity contribution in [3.05, 3.63) is 71.6 Å². The Balaban J connectivity index is 1.67. The molecule has 2 aromatic carbocycles. The first-order chi connectivity index (χ1) is 13.4. The van der Waals surface area contributed by atoms with Crippen molar-refractivity contribution < 1.29 is 9.53 Å². The maximum atomic E-state index is 11.8. The second-order valence-corrected chi connectivity index (χ2v) is 7.16. The molecule has 0 bridgehead atoms. The predicted octanol–water partition coefficient (Wildman–Crippen LogP) is 4.31. The largest absolute Gasteiger partial charge is 0.494 e. The van der Waals surface area contributed by atoms with Gasteiger partial charge in [0.25, 0.3) is 0 Å². The molecule has 5 nitrogen and oxygen atoms in total.